The molecule has 0 bridgehead atoms. The van der Waals surface area contributed by atoms with E-state index in [0.29, 0.717) is 0 Å². The van der Waals surface area contributed by atoms with Gasteiger partial charge in [0.15, 0.2) is 23.1 Å². The van der Waals surface area contributed by atoms with Crippen LogP contribution in [0.15, 0.2) is 17.7 Å². The Labute approximate surface area is 199 Å². The van der Waals surface area contributed by atoms with Gasteiger partial charge in [0.1, 0.15) is 11.5 Å². The fourth-order valence-electron chi connectivity index (χ4n) is 5.38. The van der Waals surface area contributed by atoms with Crippen molar-refractivity contribution >= 4 is 53.0 Å². The average Bonchev–Trinajstić information content (AvgIpc) is 2.69. The molecule has 2 saturated carbocycles. The minimum atomic E-state index is -2.84. The zero-order valence-electron chi connectivity index (χ0n) is 17.5. The molecule has 4 rings (SSSR count). The molecule has 10 nitrogen and oxygen atoms in total. The molecule has 0 aliphatic heterocycles. The van der Waals surface area contributed by atoms with Crippen molar-refractivity contribution in [1.29, 1.82) is 0 Å². The van der Waals surface area contributed by atoms with E-state index in [1.165, 1.54) is 25.1 Å². The lowest BCUT2D eigenvalue weighted by molar-refractivity contribution is -0.177. The van der Waals surface area contributed by atoms with E-state index < -0.39 is 75.8 Å². The predicted octanol–water partition coefficient (Wildman–Crippen LogP) is -0.0967. The number of aliphatic hydroxyl groups excluding tert-OH is 2. The number of fused-ring (bicyclic) bond motifs is 3. The van der Waals surface area contributed by atoms with Crippen LogP contribution in [0.2, 0.25) is 5.02 Å². The lowest BCUT2D eigenvalue weighted by atomic mass is 9.54. The second-order valence-electron chi connectivity index (χ2n) is 8.62. The standard InChI is InChI=1S/C21H21ClN2O8.ClH/c1-24(2)14-7-5-6-10(16(27)12-9(25)4-3-8(22)11(12)15(6)26)18(29)21(7,32)19(30)13(17(14)28)20(23)31;/h3-4,6-7,13-15,25-27,32H,5H2,1-2H3,(H2,23,31);1H/t6-,7-,13?,14-,15-,21-;/m0./s1. The van der Waals surface area contributed by atoms with E-state index in [1.54, 1.807) is 0 Å². The molecule has 1 unspecified atom stereocenters. The number of carbonyl (C=O) groups is 4. The third kappa shape index (κ3) is 3.12. The summed E-state index contributed by atoms with van der Waals surface area (Å²) < 4.78 is 0. The molecular formula is C21H22Cl2N2O8. The molecule has 0 heterocycles. The topological polar surface area (TPSA) is 178 Å². The van der Waals surface area contributed by atoms with Crippen LogP contribution in [-0.2, 0) is 19.2 Å². The summed E-state index contributed by atoms with van der Waals surface area (Å²) in [5.41, 5.74) is 1.62. The van der Waals surface area contributed by atoms with Crippen LogP contribution in [0.1, 0.15) is 23.7 Å². The first-order valence-electron chi connectivity index (χ1n) is 9.79. The third-order valence-corrected chi connectivity index (χ3v) is 7.11. The van der Waals surface area contributed by atoms with Gasteiger partial charge in [-0.15, -0.1) is 12.4 Å². The molecule has 0 saturated heterocycles. The number of aromatic hydroxyl groups is 1. The first-order chi connectivity index (χ1) is 14.8. The number of hydrogen-bond donors (Lipinski definition) is 5. The molecule has 1 amide bonds. The first kappa shape index (κ1) is 25.1. The zero-order chi connectivity index (χ0) is 23.9. The van der Waals surface area contributed by atoms with E-state index in [-0.39, 0.29) is 35.0 Å². The molecule has 12 heteroatoms. The van der Waals surface area contributed by atoms with E-state index in [0.717, 1.165) is 6.07 Å². The smallest absolute Gasteiger partial charge is 0.235 e. The molecule has 0 aromatic heterocycles. The summed E-state index contributed by atoms with van der Waals surface area (Å²) in [6.45, 7) is 0. The molecule has 1 aromatic carbocycles. The van der Waals surface area contributed by atoms with Crippen LogP contribution in [0.3, 0.4) is 0 Å². The third-order valence-electron chi connectivity index (χ3n) is 6.78. The average molecular weight is 501 g/mol. The van der Waals surface area contributed by atoms with Crippen molar-refractivity contribution in [1.82, 2.24) is 4.90 Å². The fraction of sp³-hybridized carbons (Fsp3) is 0.429. The number of phenols is 1. The number of halogens is 2. The Balaban J connectivity index is 0.00000306. The number of nitrogens with zero attached hydrogens (tertiary/aromatic N) is 1. The van der Waals surface area contributed by atoms with Crippen LogP contribution < -0.4 is 5.73 Å². The van der Waals surface area contributed by atoms with Crippen LogP contribution in [0.5, 0.6) is 5.75 Å². The first-order valence-corrected chi connectivity index (χ1v) is 10.2. The quantitative estimate of drug-likeness (QED) is 0.346. The maximum atomic E-state index is 13.5. The Morgan fingerprint density at radius 2 is 1.82 bits per heavy atom. The second-order valence-corrected chi connectivity index (χ2v) is 9.02. The van der Waals surface area contributed by atoms with Crippen LogP contribution in [0.25, 0.3) is 5.76 Å². The van der Waals surface area contributed by atoms with Gasteiger partial charge in [-0.3, -0.25) is 24.1 Å². The van der Waals surface area contributed by atoms with Gasteiger partial charge in [-0.05, 0) is 32.6 Å². The summed E-state index contributed by atoms with van der Waals surface area (Å²) in [6, 6.07) is 1.23. The fourth-order valence-corrected chi connectivity index (χ4v) is 5.65. The summed E-state index contributed by atoms with van der Waals surface area (Å²) in [6.07, 6.45) is -1.74. The number of carbonyl (C=O) groups excluding carboxylic acids is 4. The molecular weight excluding hydrogens is 479 g/mol. The van der Waals surface area contributed by atoms with Crippen LogP contribution in [0.4, 0.5) is 0 Å². The molecule has 33 heavy (non-hydrogen) atoms. The minimum Gasteiger partial charge on any atom is -0.507 e. The summed E-state index contributed by atoms with van der Waals surface area (Å²) in [4.78, 5) is 52.9. The number of nitrogens with two attached hydrogens (primary N) is 1. The second kappa shape index (κ2) is 8.07. The van der Waals surface area contributed by atoms with Crippen molar-refractivity contribution in [3.8, 4) is 5.75 Å². The van der Waals surface area contributed by atoms with Crippen molar-refractivity contribution in [2.75, 3.05) is 14.1 Å². The maximum Gasteiger partial charge on any atom is 0.235 e. The van der Waals surface area contributed by atoms with Gasteiger partial charge in [-0.25, -0.2) is 0 Å². The lowest BCUT2D eigenvalue weighted by Crippen LogP contribution is -2.72. The largest absolute Gasteiger partial charge is 0.507 e. The molecule has 6 atom stereocenters. The number of phenolic OH excluding ortho intramolecular Hbond substituents is 1. The van der Waals surface area contributed by atoms with Gasteiger partial charge in [0.25, 0.3) is 0 Å². The molecule has 6 N–H and O–H groups in total. The van der Waals surface area contributed by atoms with Crippen LogP contribution in [0, 0.1) is 17.8 Å². The molecule has 3 aliphatic rings. The summed E-state index contributed by atoms with van der Waals surface area (Å²) in [5.74, 6) is -10.5. The summed E-state index contributed by atoms with van der Waals surface area (Å²) >= 11 is 6.18. The van der Waals surface area contributed by atoms with E-state index in [4.69, 9.17) is 17.3 Å². The van der Waals surface area contributed by atoms with E-state index >= 15 is 0 Å². The normalized spacial score (nSPS) is 33.3. The Kier molecular flexibility index (Phi) is 6.14. The Bertz CT molecular complexity index is 1130. The van der Waals surface area contributed by atoms with E-state index in [2.05, 4.69) is 0 Å². The van der Waals surface area contributed by atoms with Gasteiger partial charge < -0.3 is 26.2 Å². The molecule has 0 spiro atoms. The number of Topliss-reactive ketones (excluding diaryl/α,β-unsaturated/α-hetero) is 3. The van der Waals surface area contributed by atoms with Crippen LogP contribution in [-0.4, -0.2) is 74.3 Å². The molecule has 178 valence electrons. The number of hydrogen-bond acceptors (Lipinski definition) is 9. The predicted molar refractivity (Wildman–Crippen MR) is 117 cm³/mol. The van der Waals surface area contributed by atoms with Gasteiger partial charge in [0, 0.05) is 28.0 Å². The van der Waals surface area contributed by atoms with Gasteiger partial charge in [0.05, 0.1) is 17.7 Å². The van der Waals surface area contributed by atoms with Crippen molar-refractivity contribution in [2.24, 2.45) is 23.5 Å². The minimum absolute atomic E-state index is 0. The van der Waals surface area contributed by atoms with Gasteiger partial charge >= 0.3 is 0 Å². The van der Waals surface area contributed by atoms with Gasteiger partial charge in [-0.2, -0.15) is 0 Å². The number of primary amides is 1. The number of aliphatic hydroxyl groups is 3. The molecule has 2 fully saturated rings. The number of ketones is 3. The maximum absolute atomic E-state index is 13.5. The zero-order valence-corrected chi connectivity index (χ0v) is 19.1. The number of amides is 1. The van der Waals surface area contributed by atoms with Gasteiger partial charge in [-0.1, -0.05) is 11.6 Å². The number of benzene rings is 1. The summed E-state index contributed by atoms with van der Waals surface area (Å²) in [7, 11) is 2.96. The molecule has 3 aliphatic carbocycles. The highest BCUT2D eigenvalue weighted by Gasteiger charge is 2.68. The number of likely N-dealkylation sites (N-methyl/N-ethyl adjacent to an activating group) is 1. The molecule has 0 radical (unpaired) electrons. The Morgan fingerprint density at radius 3 is 2.36 bits per heavy atom. The van der Waals surface area contributed by atoms with E-state index in [1.807, 2.05) is 0 Å². The highest BCUT2D eigenvalue weighted by molar-refractivity contribution is 6.33. The van der Waals surface area contributed by atoms with Crippen molar-refractivity contribution in [3.63, 3.8) is 0 Å². The molecule has 1 aromatic rings. The van der Waals surface area contributed by atoms with Gasteiger partial charge in [0.2, 0.25) is 11.7 Å². The lowest BCUT2D eigenvalue weighted by Gasteiger charge is -2.51. The highest BCUT2D eigenvalue weighted by Crippen LogP contribution is 2.55. The van der Waals surface area contributed by atoms with Crippen molar-refractivity contribution in [2.45, 2.75) is 24.2 Å². The Hall–Kier alpha value is -2.50. The number of rotatable bonds is 2. The SMILES string of the molecule is CN(C)[C@@H]1C(=O)C(C(N)=O)C(=O)[C@@]2(O)C(=O)C3=C(O)c4c(O)ccc(Cl)c4[C@@H](O)[C@H]3C[C@@H]12.Cl. The van der Waals surface area contributed by atoms with Crippen molar-refractivity contribution < 1.29 is 39.6 Å². The van der Waals surface area contributed by atoms with E-state index in [9.17, 15) is 39.6 Å². The summed E-state index contributed by atoms with van der Waals surface area (Å²) in [5, 5.41) is 43.6. The Morgan fingerprint density at radius 1 is 1.21 bits per heavy atom. The highest BCUT2D eigenvalue weighted by atomic mass is 35.5. The monoisotopic (exact) mass is 500 g/mol. The van der Waals surface area contributed by atoms with Crippen LogP contribution >= 0.6 is 24.0 Å². The van der Waals surface area contributed by atoms with Crippen molar-refractivity contribution in [3.05, 3.63) is 33.9 Å².